The molecule has 0 aliphatic carbocycles. The van der Waals surface area contributed by atoms with E-state index < -0.39 is 7.26 Å². The lowest BCUT2D eigenvalue weighted by molar-refractivity contribution is -0.273. The highest BCUT2D eigenvalue weighted by Crippen LogP contribution is 2.56. The van der Waals surface area contributed by atoms with Crippen molar-refractivity contribution in [3.63, 3.8) is 0 Å². The molecule has 0 unspecified atom stereocenters. The van der Waals surface area contributed by atoms with Gasteiger partial charge in [0.05, 0.1) is 0 Å². The summed E-state index contributed by atoms with van der Waals surface area (Å²) in [5.74, 6) is 0.221. The van der Waals surface area contributed by atoms with Gasteiger partial charge in [-0.15, -0.1) is 0 Å². The largest absolute Gasteiger partial charge is 0.856 e. The lowest BCUT2D eigenvalue weighted by Crippen LogP contribution is -2.41. The van der Waals surface area contributed by atoms with Crippen LogP contribution in [-0.2, 0) is 0 Å². The Balaban J connectivity index is 1.88. The Morgan fingerprint density at radius 3 is 1.33 bits per heavy atom. The molecular weight excluding hydrogens is 425 g/mol. The molecule has 0 bridgehead atoms. The summed E-state index contributed by atoms with van der Waals surface area (Å²) in [5.41, 5.74) is 7.39. The van der Waals surface area contributed by atoms with Gasteiger partial charge in [0.2, 0.25) is 0 Å². The third-order valence-corrected chi connectivity index (χ3v) is 9.99. The zero-order valence-electron chi connectivity index (χ0n) is 17.9. The molecule has 0 saturated carbocycles. The van der Waals surface area contributed by atoms with E-state index in [1.165, 1.54) is 0 Å². The summed E-state index contributed by atoms with van der Waals surface area (Å²) in [6, 6.07) is 39.8. The van der Waals surface area contributed by atoms with Crippen LogP contribution in [0.15, 0.2) is 121 Å². The molecule has 1 aromatic heterocycles. The van der Waals surface area contributed by atoms with Crippen LogP contribution in [0.5, 0.6) is 5.88 Å². The number of aromatic nitrogens is 2. The van der Waals surface area contributed by atoms with Gasteiger partial charge in [-0.2, -0.15) is 0 Å². The van der Waals surface area contributed by atoms with Gasteiger partial charge in [-0.3, -0.25) is 0 Å². The van der Waals surface area contributed by atoms with Crippen molar-refractivity contribution in [3.05, 3.63) is 121 Å². The summed E-state index contributed by atoms with van der Waals surface area (Å²) in [7, 11) is -2.65. The van der Waals surface area contributed by atoms with Crippen molar-refractivity contribution in [1.29, 1.82) is 0 Å². The number of nitrogens with two attached hydrogens (primary N) is 1. The van der Waals surface area contributed by atoms with Gasteiger partial charge in [0.1, 0.15) is 23.2 Å². The van der Waals surface area contributed by atoms with Crippen LogP contribution in [0.2, 0.25) is 0 Å². The molecule has 0 aliphatic rings. The Labute approximate surface area is 193 Å². The van der Waals surface area contributed by atoms with Crippen molar-refractivity contribution in [1.82, 2.24) is 9.97 Å². The van der Waals surface area contributed by atoms with E-state index in [2.05, 4.69) is 46.4 Å². The Kier molecular flexibility index (Phi) is 5.60. The third-order valence-electron chi connectivity index (χ3n) is 5.68. The average Bonchev–Trinajstić information content (AvgIpc) is 2.88. The summed E-state index contributed by atoms with van der Waals surface area (Å²) >= 11 is 0. The number of rotatable bonds is 5. The van der Waals surface area contributed by atoms with E-state index in [0.717, 1.165) is 21.5 Å². The Hall–Kier alpha value is -4.01. The van der Waals surface area contributed by atoms with Gasteiger partial charge in [-0.25, -0.2) is 9.97 Å². The first kappa shape index (κ1) is 20.9. The van der Waals surface area contributed by atoms with Crippen molar-refractivity contribution in [2.24, 2.45) is 0 Å². The van der Waals surface area contributed by atoms with E-state index in [1.54, 1.807) is 0 Å². The smallest absolute Gasteiger partial charge is 0.170 e. The first-order valence-electron chi connectivity index (χ1n) is 10.7. The highest BCUT2D eigenvalue weighted by molar-refractivity contribution is 8.01. The number of hydrogen-bond donors (Lipinski definition) is 1. The molecule has 5 heteroatoms. The van der Waals surface area contributed by atoms with E-state index in [1.807, 2.05) is 84.9 Å². The van der Waals surface area contributed by atoms with Crippen LogP contribution in [-0.4, -0.2) is 9.97 Å². The van der Waals surface area contributed by atoms with Crippen molar-refractivity contribution >= 4 is 34.3 Å². The monoisotopic (exact) mass is 447 g/mol. The first-order valence-corrected chi connectivity index (χ1v) is 12.5. The highest BCUT2D eigenvalue weighted by Gasteiger charge is 2.50. The summed E-state index contributed by atoms with van der Waals surface area (Å²) in [6.45, 7) is 0. The molecule has 2 N–H and O–H groups in total. The fourth-order valence-electron chi connectivity index (χ4n) is 4.27. The summed E-state index contributed by atoms with van der Waals surface area (Å²) in [6.07, 6.45) is 0. The molecule has 0 atom stereocenters. The summed E-state index contributed by atoms with van der Waals surface area (Å²) < 4.78 is 0. The summed E-state index contributed by atoms with van der Waals surface area (Å²) in [5, 5.41) is 17.4. The van der Waals surface area contributed by atoms with Crippen molar-refractivity contribution < 1.29 is 5.11 Å². The van der Waals surface area contributed by atoms with Crippen molar-refractivity contribution in [2.45, 2.75) is 0 Å². The second kappa shape index (κ2) is 8.85. The van der Waals surface area contributed by atoms with Gasteiger partial charge in [-0.05, 0) is 36.4 Å². The maximum atomic E-state index is 13.8. The van der Waals surface area contributed by atoms with Crippen LogP contribution < -0.4 is 32.1 Å². The maximum absolute atomic E-state index is 13.8. The van der Waals surface area contributed by atoms with Crippen LogP contribution in [0, 0.1) is 0 Å². The number of nitrogen functional groups attached to an aromatic ring is 1. The zero-order chi connectivity index (χ0) is 22.7. The number of nitrogens with zero attached hydrogens (tertiary/aromatic N) is 2. The predicted molar refractivity (Wildman–Crippen MR) is 136 cm³/mol. The minimum atomic E-state index is -2.65. The summed E-state index contributed by atoms with van der Waals surface area (Å²) in [4.78, 5) is 9.07. The van der Waals surface area contributed by atoms with Gasteiger partial charge < -0.3 is 10.8 Å². The normalized spacial score (nSPS) is 11.3. The van der Waals surface area contributed by atoms with Crippen LogP contribution in [0.1, 0.15) is 0 Å². The molecule has 0 aliphatic heterocycles. The van der Waals surface area contributed by atoms with Gasteiger partial charge in [0.15, 0.2) is 16.9 Å². The molecule has 0 radical (unpaired) electrons. The number of anilines is 1. The molecule has 160 valence electrons. The molecule has 4 nitrogen and oxygen atoms in total. The third kappa shape index (κ3) is 3.65. The Morgan fingerprint density at radius 2 is 0.939 bits per heavy atom. The molecule has 33 heavy (non-hydrogen) atoms. The van der Waals surface area contributed by atoms with E-state index in [9.17, 15) is 5.11 Å². The fourth-order valence-corrected chi connectivity index (χ4v) is 8.53. The van der Waals surface area contributed by atoms with E-state index >= 15 is 0 Å². The van der Waals surface area contributed by atoms with Crippen LogP contribution in [0.4, 0.5) is 5.82 Å². The zero-order valence-corrected chi connectivity index (χ0v) is 18.8. The minimum Gasteiger partial charge on any atom is -0.856 e. The van der Waals surface area contributed by atoms with Gasteiger partial charge in [-0.1, -0.05) is 84.9 Å². The standard InChI is InChI=1S/C28H22N3OP/c29-26-25(28(32)31-27(30-26)21-13-5-1-6-14-21)33(22-15-7-2-8-16-22,23-17-9-3-10-18-23)24-19-11-4-12-20-24/h1-20H,(H2-,29,30,31,32). The number of hydrogen-bond acceptors (Lipinski definition) is 4. The Morgan fingerprint density at radius 1 is 0.545 bits per heavy atom. The first-order chi connectivity index (χ1) is 16.2. The molecule has 5 aromatic rings. The van der Waals surface area contributed by atoms with Crippen LogP contribution in [0.3, 0.4) is 0 Å². The van der Waals surface area contributed by atoms with E-state index in [4.69, 9.17) is 5.73 Å². The van der Waals surface area contributed by atoms with Crippen LogP contribution >= 0.6 is 7.26 Å². The lowest BCUT2D eigenvalue weighted by atomic mass is 10.2. The van der Waals surface area contributed by atoms with Gasteiger partial charge in [0, 0.05) is 11.4 Å². The van der Waals surface area contributed by atoms with Gasteiger partial charge >= 0.3 is 0 Å². The van der Waals surface area contributed by atoms with Gasteiger partial charge in [0.25, 0.3) is 0 Å². The molecule has 4 aromatic carbocycles. The fraction of sp³-hybridized carbons (Fsp3) is 0. The molecule has 1 heterocycles. The molecular formula is C28H22N3OP. The van der Waals surface area contributed by atoms with Crippen molar-refractivity contribution in [2.75, 3.05) is 5.73 Å². The molecule has 5 rings (SSSR count). The second-order valence-electron chi connectivity index (χ2n) is 7.63. The average molecular weight is 447 g/mol. The highest BCUT2D eigenvalue weighted by atomic mass is 31.2. The lowest BCUT2D eigenvalue weighted by Gasteiger charge is -2.30. The maximum Gasteiger partial charge on any atom is 0.170 e. The predicted octanol–water partition coefficient (Wildman–Crippen LogP) is 3.42. The van der Waals surface area contributed by atoms with Crippen LogP contribution in [0.25, 0.3) is 11.4 Å². The Bertz CT molecular complexity index is 1240. The quantitative estimate of drug-likeness (QED) is 0.419. The SMILES string of the molecule is Nc1nc(-c2ccccc2)nc([O-])c1[P+](c1ccccc1)(c1ccccc1)c1ccccc1. The molecule has 0 spiro atoms. The minimum absolute atomic E-state index is 0.221. The molecule has 0 saturated heterocycles. The number of benzene rings is 4. The van der Waals surface area contributed by atoms with E-state index in [0.29, 0.717) is 11.1 Å². The second-order valence-corrected chi connectivity index (χ2v) is 11.0. The van der Waals surface area contributed by atoms with E-state index in [-0.39, 0.29) is 11.7 Å². The molecule has 0 amide bonds. The van der Waals surface area contributed by atoms with Crippen molar-refractivity contribution in [3.8, 4) is 17.3 Å². The topological polar surface area (TPSA) is 74.9 Å². The molecule has 0 fully saturated rings.